The van der Waals surface area contributed by atoms with Crippen molar-refractivity contribution in [2.45, 2.75) is 45.7 Å². The van der Waals surface area contributed by atoms with Crippen LogP contribution in [0.5, 0.6) is 0 Å². The van der Waals surface area contributed by atoms with Crippen LogP contribution in [0.25, 0.3) is 10.9 Å². The monoisotopic (exact) mass is 330 g/mol. The number of thioether (sulfide) groups is 1. The second kappa shape index (κ2) is 6.79. The maximum absolute atomic E-state index is 11.8. The van der Waals surface area contributed by atoms with Gasteiger partial charge in [-0.15, -0.1) is 0 Å². The third-order valence-corrected chi connectivity index (χ3v) is 5.50. The molecule has 0 radical (unpaired) electrons. The number of carbonyl (C=O) groups excluding carboxylic acids is 2. The van der Waals surface area contributed by atoms with Crippen molar-refractivity contribution < 1.29 is 9.59 Å². The van der Waals surface area contributed by atoms with Gasteiger partial charge in [-0.1, -0.05) is 38.8 Å². The van der Waals surface area contributed by atoms with Crippen molar-refractivity contribution in [2.75, 3.05) is 0 Å². The SMILES string of the molecule is CCC(CC)Cn1ccc2c(CC3NC(=O)SC3=O)cccc21. The molecule has 1 N–H and O–H groups in total. The van der Waals surface area contributed by atoms with Crippen LogP contribution in [0, 0.1) is 5.92 Å². The smallest absolute Gasteiger partial charge is 0.287 e. The molecule has 0 bridgehead atoms. The molecule has 1 fully saturated rings. The van der Waals surface area contributed by atoms with Crippen LogP contribution < -0.4 is 5.32 Å². The minimum absolute atomic E-state index is 0.0801. The number of hydrogen-bond acceptors (Lipinski definition) is 3. The van der Waals surface area contributed by atoms with E-state index in [1.54, 1.807) is 0 Å². The molecule has 1 unspecified atom stereocenters. The third kappa shape index (κ3) is 3.29. The first-order valence-corrected chi connectivity index (χ1v) is 9.03. The van der Waals surface area contributed by atoms with E-state index in [0.717, 1.165) is 23.9 Å². The Bertz CT molecular complexity index is 734. The van der Waals surface area contributed by atoms with Gasteiger partial charge in [0.05, 0.1) is 0 Å². The molecule has 1 atom stereocenters. The molecule has 1 amide bonds. The molecular weight excluding hydrogens is 308 g/mol. The molecule has 2 heterocycles. The highest BCUT2D eigenvalue weighted by molar-refractivity contribution is 8.26. The number of carbonyl (C=O) groups is 2. The molecule has 23 heavy (non-hydrogen) atoms. The summed E-state index contributed by atoms with van der Waals surface area (Å²) < 4.78 is 2.31. The summed E-state index contributed by atoms with van der Waals surface area (Å²) in [7, 11) is 0. The summed E-state index contributed by atoms with van der Waals surface area (Å²) in [6, 6.07) is 7.94. The number of nitrogens with one attached hydrogen (secondary N) is 1. The van der Waals surface area contributed by atoms with Gasteiger partial charge in [-0.25, -0.2) is 0 Å². The summed E-state index contributed by atoms with van der Waals surface area (Å²) >= 11 is 0.779. The van der Waals surface area contributed by atoms with E-state index in [-0.39, 0.29) is 10.4 Å². The molecule has 0 saturated carbocycles. The first-order valence-electron chi connectivity index (χ1n) is 8.21. The number of aromatic nitrogens is 1. The average molecular weight is 330 g/mol. The lowest BCUT2D eigenvalue weighted by Gasteiger charge is -2.15. The van der Waals surface area contributed by atoms with E-state index in [1.807, 2.05) is 12.1 Å². The number of benzene rings is 1. The highest BCUT2D eigenvalue weighted by atomic mass is 32.2. The Morgan fingerprint density at radius 2 is 2.00 bits per heavy atom. The Morgan fingerprint density at radius 3 is 2.65 bits per heavy atom. The molecule has 1 saturated heterocycles. The Morgan fingerprint density at radius 1 is 1.22 bits per heavy atom. The molecule has 1 aliphatic heterocycles. The van der Waals surface area contributed by atoms with Gasteiger partial charge >= 0.3 is 0 Å². The fourth-order valence-electron chi connectivity index (χ4n) is 3.20. The van der Waals surface area contributed by atoms with E-state index in [4.69, 9.17) is 0 Å². The average Bonchev–Trinajstić information content (AvgIpc) is 3.09. The molecule has 1 aromatic heterocycles. The summed E-state index contributed by atoms with van der Waals surface area (Å²) in [5.74, 6) is 0.682. The zero-order valence-corrected chi connectivity index (χ0v) is 14.4. The minimum atomic E-state index is -0.402. The van der Waals surface area contributed by atoms with Crippen molar-refractivity contribution >= 4 is 33.0 Å². The lowest BCUT2D eigenvalue weighted by Crippen LogP contribution is -2.30. The highest BCUT2D eigenvalue weighted by Gasteiger charge is 2.31. The number of fused-ring (bicyclic) bond motifs is 1. The molecule has 2 aromatic rings. The standard InChI is InChI=1S/C18H22N2O2S/c1-3-12(4-2)11-20-9-8-14-13(6-5-7-16(14)20)10-15-17(21)23-18(22)19-15/h5-9,12,15H,3-4,10-11H2,1-2H3,(H,19,22). The van der Waals surface area contributed by atoms with Crippen LogP contribution in [-0.4, -0.2) is 21.0 Å². The van der Waals surface area contributed by atoms with Crippen molar-refractivity contribution in [3.63, 3.8) is 0 Å². The summed E-state index contributed by atoms with van der Waals surface area (Å²) in [6.45, 7) is 5.49. The summed E-state index contributed by atoms with van der Waals surface area (Å²) in [4.78, 5) is 23.2. The van der Waals surface area contributed by atoms with Gasteiger partial charge in [0.1, 0.15) is 6.04 Å². The fourth-order valence-corrected chi connectivity index (χ4v) is 3.87. The summed E-state index contributed by atoms with van der Waals surface area (Å²) in [5, 5.41) is 3.60. The van der Waals surface area contributed by atoms with Gasteiger partial charge in [-0.2, -0.15) is 0 Å². The van der Waals surface area contributed by atoms with Crippen LogP contribution in [0.3, 0.4) is 0 Å². The van der Waals surface area contributed by atoms with Crippen LogP contribution in [0.4, 0.5) is 4.79 Å². The Labute approximate surface area is 140 Å². The Kier molecular flexibility index (Phi) is 4.76. The van der Waals surface area contributed by atoms with E-state index < -0.39 is 6.04 Å². The lowest BCUT2D eigenvalue weighted by molar-refractivity contribution is -0.112. The zero-order chi connectivity index (χ0) is 16.4. The predicted molar refractivity (Wildman–Crippen MR) is 94.6 cm³/mol. The molecule has 3 rings (SSSR count). The molecule has 5 heteroatoms. The first kappa shape index (κ1) is 16.1. The largest absolute Gasteiger partial charge is 0.347 e. The molecular formula is C18H22N2O2S. The quantitative estimate of drug-likeness (QED) is 0.872. The van der Waals surface area contributed by atoms with E-state index in [2.05, 4.69) is 42.1 Å². The van der Waals surface area contributed by atoms with Crippen molar-refractivity contribution in [2.24, 2.45) is 5.92 Å². The molecule has 1 aromatic carbocycles. The number of amides is 1. The second-order valence-corrected chi connectivity index (χ2v) is 7.09. The maximum atomic E-state index is 11.8. The van der Waals surface area contributed by atoms with Crippen molar-refractivity contribution in [1.29, 1.82) is 0 Å². The van der Waals surface area contributed by atoms with Gasteiger partial charge in [0.15, 0.2) is 0 Å². The van der Waals surface area contributed by atoms with Gasteiger partial charge in [0.25, 0.3) is 5.24 Å². The van der Waals surface area contributed by atoms with Crippen molar-refractivity contribution in [1.82, 2.24) is 9.88 Å². The van der Waals surface area contributed by atoms with Gasteiger partial charge in [0, 0.05) is 41.8 Å². The molecule has 0 aliphatic carbocycles. The van der Waals surface area contributed by atoms with Crippen LogP contribution in [0.15, 0.2) is 30.5 Å². The van der Waals surface area contributed by atoms with Crippen molar-refractivity contribution in [3.05, 3.63) is 36.0 Å². The van der Waals surface area contributed by atoms with Crippen LogP contribution >= 0.6 is 11.8 Å². The van der Waals surface area contributed by atoms with Crippen LogP contribution in [0.1, 0.15) is 32.3 Å². The van der Waals surface area contributed by atoms with Gasteiger partial charge in [0.2, 0.25) is 5.12 Å². The van der Waals surface area contributed by atoms with Gasteiger partial charge < -0.3 is 9.88 Å². The molecule has 1 aliphatic rings. The number of hydrogen-bond donors (Lipinski definition) is 1. The van der Waals surface area contributed by atoms with E-state index in [9.17, 15) is 9.59 Å². The van der Waals surface area contributed by atoms with E-state index in [1.165, 1.54) is 23.7 Å². The van der Waals surface area contributed by atoms with E-state index in [0.29, 0.717) is 12.3 Å². The minimum Gasteiger partial charge on any atom is -0.347 e. The number of nitrogens with zero attached hydrogens (tertiary/aromatic N) is 1. The fraction of sp³-hybridized carbons (Fsp3) is 0.444. The zero-order valence-electron chi connectivity index (χ0n) is 13.5. The lowest BCUT2D eigenvalue weighted by atomic mass is 10.0. The Hall–Kier alpha value is -1.75. The van der Waals surface area contributed by atoms with Crippen molar-refractivity contribution in [3.8, 4) is 0 Å². The molecule has 0 spiro atoms. The second-order valence-electron chi connectivity index (χ2n) is 6.11. The van der Waals surface area contributed by atoms with Crippen LogP contribution in [0.2, 0.25) is 0 Å². The first-order chi connectivity index (χ1) is 11.1. The maximum Gasteiger partial charge on any atom is 0.287 e. The third-order valence-electron chi connectivity index (χ3n) is 4.71. The van der Waals surface area contributed by atoms with E-state index >= 15 is 0 Å². The van der Waals surface area contributed by atoms with Gasteiger partial charge in [-0.05, 0) is 23.6 Å². The number of rotatable bonds is 6. The topological polar surface area (TPSA) is 51.1 Å². The molecule has 4 nitrogen and oxygen atoms in total. The normalized spacial score (nSPS) is 18.1. The highest BCUT2D eigenvalue weighted by Crippen LogP contribution is 2.26. The van der Waals surface area contributed by atoms with Crippen LogP contribution in [-0.2, 0) is 17.8 Å². The summed E-state index contributed by atoms with van der Waals surface area (Å²) in [5.41, 5.74) is 2.32. The van der Waals surface area contributed by atoms with Gasteiger partial charge in [-0.3, -0.25) is 9.59 Å². The summed E-state index contributed by atoms with van der Waals surface area (Å²) in [6.07, 6.45) is 5.05. The molecule has 122 valence electrons. The predicted octanol–water partition coefficient (Wildman–Crippen LogP) is 3.97. The Balaban J connectivity index is 1.86.